The van der Waals surface area contributed by atoms with Crippen molar-refractivity contribution in [2.75, 3.05) is 5.32 Å². The van der Waals surface area contributed by atoms with Gasteiger partial charge in [-0.3, -0.25) is 4.79 Å². The fraction of sp³-hybridized carbons (Fsp3) is 0.421. The van der Waals surface area contributed by atoms with Crippen molar-refractivity contribution in [1.82, 2.24) is 0 Å². The van der Waals surface area contributed by atoms with Crippen LogP contribution in [0.5, 0.6) is 0 Å². The third-order valence-electron chi connectivity index (χ3n) is 5.32. The number of hydrogen-bond donors (Lipinski definition) is 2. The number of amides is 1. The van der Waals surface area contributed by atoms with E-state index in [1.54, 1.807) is 0 Å². The Balaban J connectivity index is 0.00000156. The lowest BCUT2D eigenvalue weighted by Crippen LogP contribution is -2.28. The Labute approximate surface area is 143 Å². The Morgan fingerprint density at radius 2 is 1.91 bits per heavy atom. The van der Waals surface area contributed by atoms with E-state index in [0.717, 1.165) is 37.8 Å². The van der Waals surface area contributed by atoms with Crippen LogP contribution in [0.2, 0.25) is 0 Å². The molecule has 3 nitrogen and oxygen atoms in total. The minimum atomic E-state index is 0. The summed E-state index contributed by atoms with van der Waals surface area (Å²) in [6.07, 6.45) is 6.06. The molecule has 1 saturated carbocycles. The number of aryl methyl sites for hydroxylation is 2. The highest BCUT2D eigenvalue weighted by molar-refractivity contribution is 6.05. The van der Waals surface area contributed by atoms with E-state index in [0.29, 0.717) is 12.3 Å². The molecule has 1 amide bonds. The summed E-state index contributed by atoms with van der Waals surface area (Å²) < 4.78 is 0. The Kier molecular flexibility index (Phi) is 4.60. The first-order valence-electron chi connectivity index (χ1n) is 8.31. The lowest BCUT2D eigenvalue weighted by molar-refractivity contribution is -0.117. The van der Waals surface area contributed by atoms with Crippen LogP contribution in [-0.2, 0) is 17.6 Å². The summed E-state index contributed by atoms with van der Waals surface area (Å²) in [5, 5.41) is 5.64. The number of anilines is 1. The molecule has 23 heavy (non-hydrogen) atoms. The quantitative estimate of drug-likeness (QED) is 0.899. The van der Waals surface area contributed by atoms with Crippen molar-refractivity contribution in [3.8, 4) is 0 Å². The van der Waals surface area contributed by atoms with Crippen LogP contribution in [0.15, 0.2) is 30.3 Å². The van der Waals surface area contributed by atoms with Gasteiger partial charge >= 0.3 is 0 Å². The number of hydrogen-bond acceptors (Lipinski definition) is 2. The maximum Gasteiger partial charge on any atom is 0.224 e. The van der Waals surface area contributed by atoms with E-state index in [1.165, 1.54) is 21.9 Å². The second-order valence-electron chi connectivity index (χ2n) is 6.72. The fourth-order valence-electron chi connectivity index (χ4n) is 4.11. The van der Waals surface area contributed by atoms with Crippen molar-refractivity contribution in [3.05, 3.63) is 41.5 Å². The summed E-state index contributed by atoms with van der Waals surface area (Å²) in [6.45, 7) is 0. The Hall–Kier alpha value is -1.58. The molecule has 1 fully saturated rings. The SMILES string of the molecule is Cl.N[C@@H]1CCC[C@H]1CC(=O)Nc1ccc2c3c(cccc13)CC2. The number of benzene rings is 2. The minimum absolute atomic E-state index is 0. The molecule has 0 aliphatic heterocycles. The van der Waals surface area contributed by atoms with Crippen molar-refractivity contribution < 1.29 is 4.79 Å². The standard InChI is InChI=1S/C19H22N2O.ClH/c20-16-6-2-4-14(16)11-18(22)21-17-10-9-13-8-7-12-3-1-5-15(17)19(12)13;/h1,3,5,9-10,14,16H,2,4,6-8,11,20H2,(H,21,22);1H/t14-,16+;/m0./s1. The molecule has 4 rings (SSSR count). The predicted octanol–water partition coefficient (Wildman–Crippen LogP) is 3.82. The van der Waals surface area contributed by atoms with Gasteiger partial charge in [0.25, 0.3) is 0 Å². The van der Waals surface area contributed by atoms with Gasteiger partial charge in [-0.15, -0.1) is 12.4 Å². The molecule has 0 bridgehead atoms. The van der Waals surface area contributed by atoms with Gasteiger partial charge in [0.05, 0.1) is 0 Å². The summed E-state index contributed by atoms with van der Waals surface area (Å²) in [4.78, 5) is 12.4. The summed E-state index contributed by atoms with van der Waals surface area (Å²) in [5.41, 5.74) is 9.83. The zero-order valence-electron chi connectivity index (χ0n) is 13.2. The maximum atomic E-state index is 12.4. The van der Waals surface area contributed by atoms with Crippen molar-refractivity contribution in [1.29, 1.82) is 0 Å². The van der Waals surface area contributed by atoms with E-state index in [4.69, 9.17) is 5.73 Å². The van der Waals surface area contributed by atoms with Gasteiger partial charge in [0, 0.05) is 23.5 Å². The van der Waals surface area contributed by atoms with Crippen LogP contribution < -0.4 is 11.1 Å². The average Bonchev–Trinajstić information content (AvgIpc) is 3.10. The molecular formula is C19H23ClN2O. The molecule has 0 spiro atoms. The van der Waals surface area contributed by atoms with Gasteiger partial charge in [0.1, 0.15) is 0 Å². The van der Waals surface area contributed by atoms with Crippen LogP contribution in [0.3, 0.4) is 0 Å². The third-order valence-corrected chi connectivity index (χ3v) is 5.32. The number of nitrogens with two attached hydrogens (primary N) is 1. The highest BCUT2D eigenvalue weighted by Crippen LogP contribution is 2.35. The average molecular weight is 331 g/mol. The second kappa shape index (κ2) is 6.50. The van der Waals surface area contributed by atoms with Crippen LogP contribution >= 0.6 is 12.4 Å². The summed E-state index contributed by atoms with van der Waals surface area (Å²) in [6, 6.07) is 10.8. The van der Waals surface area contributed by atoms with E-state index in [9.17, 15) is 4.79 Å². The normalized spacial score (nSPS) is 22.1. The molecule has 2 aromatic carbocycles. The van der Waals surface area contributed by atoms with Crippen LogP contribution in [0.25, 0.3) is 10.8 Å². The second-order valence-corrected chi connectivity index (χ2v) is 6.72. The van der Waals surface area contributed by atoms with E-state index in [-0.39, 0.29) is 24.4 Å². The highest BCUT2D eigenvalue weighted by atomic mass is 35.5. The zero-order valence-corrected chi connectivity index (χ0v) is 14.0. The Morgan fingerprint density at radius 3 is 2.65 bits per heavy atom. The molecule has 0 saturated heterocycles. The molecule has 0 radical (unpaired) electrons. The number of carbonyl (C=O) groups is 1. The van der Waals surface area contributed by atoms with Gasteiger partial charge in [-0.25, -0.2) is 0 Å². The molecule has 2 aliphatic carbocycles. The van der Waals surface area contributed by atoms with Gasteiger partial charge in [0.15, 0.2) is 0 Å². The Morgan fingerprint density at radius 1 is 1.13 bits per heavy atom. The first-order chi connectivity index (χ1) is 10.7. The van der Waals surface area contributed by atoms with Crippen LogP contribution in [0.1, 0.15) is 36.8 Å². The zero-order chi connectivity index (χ0) is 15.1. The third kappa shape index (κ3) is 2.96. The number of nitrogens with one attached hydrogen (secondary N) is 1. The maximum absolute atomic E-state index is 12.4. The molecule has 0 unspecified atom stereocenters. The van der Waals surface area contributed by atoms with Gasteiger partial charge in [-0.05, 0) is 54.2 Å². The molecule has 3 N–H and O–H groups in total. The van der Waals surface area contributed by atoms with Gasteiger partial charge in [0.2, 0.25) is 5.91 Å². The topological polar surface area (TPSA) is 55.1 Å². The van der Waals surface area contributed by atoms with Gasteiger partial charge in [-0.2, -0.15) is 0 Å². The van der Waals surface area contributed by atoms with Crippen LogP contribution in [0, 0.1) is 5.92 Å². The number of halogens is 1. The molecular weight excluding hydrogens is 308 g/mol. The van der Waals surface area contributed by atoms with E-state index >= 15 is 0 Å². The lowest BCUT2D eigenvalue weighted by atomic mass is 9.99. The van der Waals surface area contributed by atoms with Crippen molar-refractivity contribution in [2.24, 2.45) is 11.7 Å². The monoisotopic (exact) mass is 330 g/mol. The number of carbonyl (C=O) groups excluding carboxylic acids is 1. The van der Waals surface area contributed by atoms with E-state index < -0.39 is 0 Å². The van der Waals surface area contributed by atoms with E-state index in [2.05, 4.69) is 35.6 Å². The molecule has 0 heterocycles. The molecule has 0 aromatic heterocycles. The summed E-state index contributed by atoms with van der Waals surface area (Å²) >= 11 is 0. The number of rotatable bonds is 3. The van der Waals surface area contributed by atoms with Crippen LogP contribution in [-0.4, -0.2) is 11.9 Å². The van der Waals surface area contributed by atoms with Gasteiger partial charge in [-0.1, -0.05) is 30.7 Å². The lowest BCUT2D eigenvalue weighted by Gasteiger charge is -2.16. The van der Waals surface area contributed by atoms with Crippen LogP contribution in [0.4, 0.5) is 5.69 Å². The molecule has 122 valence electrons. The summed E-state index contributed by atoms with van der Waals surface area (Å²) in [7, 11) is 0. The Bertz CT molecular complexity index is 733. The first kappa shape index (κ1) is 16.3. The highest BCUT2D eigenvalue weighted by Gasteiger charge is 2.26. The fourth-order valence-corrected chi connectivity index (χ4v) is 4.11. The smallest absolute Gasteiger partial charge is 0.224 e. The minimum Gasteiger partial charge on any atom is -0.327 e. The van der Waals surface area contributed by atoms with Gasteiger partial charge < -0.3 is 11.1 Å². The van der Waals surface area contributed by atoms with Crippen molar-refractivity contribution in [3.63, 3.8) is 0 Å². The van der Waals surface area contributed by atoms with E-state index in [1.807, 2.05) is 0 Å². The van der Waals surface area contributed by atoms with Crippen molar-refractivity contribution >= 4 is 34.8 Å². The van der Waals surface area contributed by atoms with Crippen molar-refractivity contribution in [2.45, 2.75) is 44.6 Å². The largest absolute Gasteiger partial charge is 0.327 e. The molecule has 4 heteroatoms. The summed E-state index contributed by atoms with van der Waals surface area (Å²) in [5.74, 6) is 0.442. The first-order valence-corrected chi connectivity index (χ1v) is 8.31. The molecule has 2 atom stereocenters. The predicted molar refractivity (Wildman–Crippen MR) is 97.2 cm³/mol. The molecule has 2 aliphatic rings. The molecule has 2 aromatic rings.